The van der Waals surface area contributed by atoms with Crippen molar-refractivity contribution in [1.29, 1.82) is 0 Å². The predicted molar refractivity (Wildman–Crippen MR) is 81.6 cm³/mol. The van der Waals surface area contributed by atoms with Gasteiger partial charge in [-0.15, -0.1) is 0 Å². The van der Waals surface area contributed by atoms with Gasteiger partial charge in [0.05, 0.1) is 6.61 Å². The van der Waals surface area contributed by atoms with Gasteiger partial charge in [-0.05, 0) is 55.7 Å². The lowest BCUT2D eigenvalue weighted by Crippen LogP contribution is -2.19. The van der Waals surface area contributed by atoms with Crippen molar-refractivity contribution in [1.82, 2.24) is 4.57 Å². The lowest BCUT2D eigenvalue weighted by molar-refractivity contribution is 0.303. The Balaban J connectivity index is 1.71. The average Bonchev–Trinajstić information content (AvgIpc) is 2.42. The van der Waals surface area contributed by atoms with Crippen LogP contribution in [0.3, 0.4) is 0 Å². The van der Waals surface area contributed by atoms with Gasteiger partial charge in [-0.3, -0.25) is 4.79 Å². The summed E-state index contributed by atoms with van der Waals surface area (Å²) in [4.78, 5) is 11.7. The summed E-state index contributed by atoms with van der Waals surface area (Å²) in [7, 11) is 0. The van der Waals surface area contributed by atoms with Crippen molar-refractivity contribution in [2.75, 3.05) is 6.61 Å². The molecule has 0 aliphatic heterocycles. The van der Waals surface area contributed by atoms with Crippen LogP contribution in [0.15, 0.2) is 47.4 Å². The van der Waals surface area contributed by atoms with Gasteiger partial charge in [0.1, 0.15) is 5.75 Å². The first-order valence-electron chi connectivity index (χ1n) is 6.70. The zero-order valence-electron chi connectivity index (χ0n) is 11.5. The van der Waals surface area contributed by atoms with Crippen LogP contribution in [0.25, 0.3) is 0 Å². The van der Waals surface area contributed by atoms with Crippen molar-refractivity contribution in [3.63, 3.8) is 0 Å². The molecule has 0 fully saturated rings. The minimum Gasteiger partial charge on any atom is -0.494 e. The Hall–Kier alpha value is -1.74. The van der Waals surface area contributed by atoms with Crippen molar-refractivity contribution < 1.29 is 4.74 Å². The summed E-state index contributed by atoms with van der Waals surface area (Å²) in [5.74, 6) is 0.821. The fourth-order valence-corrected chi connectivity index (χ4v) is 2.02. The molecule has 0 atom stereocenters. The summed E-state index contributed by atoms with van der Waals surface area (Å²) in [5, 5.41) is 0.705. The Kier molecular flexibility index (Phi) is 5.24. The highest BCUT2D eigenvalue weighted by Crippen LogP contribution is 2.15. The number of unbranched alkanes of at least 4 members (excludes halogenated alkanes) is 1. The van der Waals surface area contributed by atoms with E-state index in [-0.39, 0.29) is 5.56 Å². The number of halogens is 1. The first-order chi connectivity index (χ1) is 9.65. The summed E-state index contributed by atoms with van der Waals surface area (Å²) in [6, 6.07) is 10.9. The third-order valence-corrected chi connectivity index (χ3v) is 3.28. The van der Waals surface area contributed by atoms with Crippen LogP contribution >= 0.6 is 11.6 Å². The fraction of sp³-hybridized carbons (Fsp3) is 0.312. The highest BCUT2D eigenvalue weighted by Gasteiger charge is 1.97. The van der Waals surface area contributed by atoms with Gasteiger partial charge in [0.2, 0.25) is 0 Å². The first kappa shape index (κ1) is 14.7. The molecule has 0 radical (unpaired) electrons. The molecule has 3 nitrogen and oxygen atoms in total. The van der Waals surface area contributed by atoms with Crippen LogP contribution in [0.5, 0.6) is 5.75 Å². The molecule has 106 valence electrons. The third kappa shape index (κ3) is 4.42. The van der Waals surface area contributed by atoms with Crippen molar-refractivity contribution >= 4 is 11.6 Å². The van der Waals surface area contributed by atoms with E-state index in [2.05, 4.69) is 0 Å². The SMILES string of the molecule is Cc1ccn(CCCCOc2ccc(Cl)cc2)c(=O)c1. The standard InChI is InChI=1S/C16H18ClNO2/c1-13-8-10-18(16(19)12-13)9-2-3-11-20-15-6-4-14(17)5-7-15/h4-8,10,12H,2-3,9,11H2,1H3. The zero-order valence-corrected chi connectivity index (χ0v) is 12.3. The van der Waals surface area contributed by atoms with Crippen molar-refractivity contribution in [2.24, 2.45) is 0 Å². The van der Waals surface area contributed by atoms with Crippen molar-refractivity contribution in [2.45, 2.75) is 26.3 Å². The van der Waals surface area contributed by atoms with Crippen molar-refractivity contribution in [3.8, 4) is 5.75 Å². The number of benzene rings is 1. The van der Waals surface area contributed by atoms with Gasteiger partial charge >= 0.3 is 0 Å². The first-order valence-corrected chi connectivity index (χ1v) is 7.08. The molecule has 0 unspecified atom stereocenters. The summed E-state index contributed by atoms with van der Waals surface area (Å²) in [6.07, 6.45) is 3.66. The second kappa shape index (κ2) is 7.15. The maximum atomic E-state index is 11.7. The van der Waals surface area contributed by atoms with E-state index in [1.165, 1.54) is 0 Å². The number of hydrogen-bond donors (Lipinski definition) is 0. The number of nitrogens with zero attached hydrogens (tertiary/aromatic N) is 1. The maximum absolute atomic E-state index is 11.7. The molecular weight excluding hydrogens is 274 g/mol. The van der Waals surface area contributed by atoms with E-state index in [9.17, 15) is 4.79 Å². The Bertz CT molecular complexity index is 605. The molecule has 1 heterocycles. The number of rotatable bonds is 6. The van der Waals surface area contributed by atoms with E-state index in [0.29, 0.717) is 11.6 Å². The molecule has 0 bridgehead atoms. The molecule has 1 aromatic heterocycles. The molecule has 0 saturated carbocycles. The molecule has 1 aromatic carbocycles. The number of aryl methyl sites for hydroxylation is 2. The smallest absolute Gasteiger partial charge is 0.250 e. The largest absolute Gasteiger partial charge is 0.494 e. The normalized spacial score (nSPS) is 10.5. The summed E-state index contributed by atoms with van der Waals surface area (Å²) in [5.41, 5.74) is 1.06. The molecule has 4 heteroatoms. The van der Waals surface area contributed by atoms with Crippen LogP contribution in [0, 0.1) is 6.92 Å². The average molecular weight is 292 g/mol. The predicted octanol–water partition coefficient (Wildman–Crippen LogP) is 3.67. The molecule has 0 spiro atoms. The van der Waals surface area contributed by atoms with Gasteiger partial charge in [0, 0.05) is 23.8 Å². The van der Waals surface area contributed by atoms with Crippen molar-refractivity contribution in [3.05, 3.63) is 63.5 Å². The molecule has 0 N–H and O–H groups in total. The number of hydrogen-bond acceptors (Lipinski definition) is 2. The Morgan fingerprint density at radius 1 is 1.15 bits per heavy atom. The third-order valence-electron chi connectivity index (χ3n) is 3.03. The zero-order chi connectivity index (χ0) is 14.4. The van der Waals surface area contributed by atoms with Gasteiger partial charge < -0.3 is 9.30 Å². The van der Waals surface area contributed by atoms with Crippen LogP contribution in [0.1, 0.15) is 18.4 Å². The van der Waals surface area contributed by atoms with Gasteiger partial charge in [0.15, 0.2) is 0 Å². The van der Waals surface area contributed by atoms with Gasteiger partial charge in [0.25, 0.3) is 5.56 Å². The van der Waals surface area contributed by atoms with Gasteiger partial charge in [-0.1, -0.05) is 11.6 Å². The lowest BCUT2D eigenvalue weighted by atomic mass is 10.3. The molecule has 20 heavy (non-hydrogen) atoms. The highest BCUT2D eigenvalue weighted by molar-refractivity contribution is 6.30. The fourth-order valence-electron chi connectivity index (χ4n) is 1.90. The summed E-state index contributed by atoms with van der Waals surface area (Å²) < 4.78 is 7.33. The molecule has 0 aliphatic rings. The number of ether oxygens (including phenoxy) is 1. The lowest BCUT2D eigenvalue weighted by Gasteiger charge is -2.07. The topological polar surface area (TPSA) is 31.2 Å². The maximum Gasteiger partial charge on any atom is 0.250 e. The minimum atomic E-state index is 0.0589. The Morgan fingerprint density at radius 3 is 2.60 bits per heavy atom. The van der Waals surface area contributed by atoms with E-state index in [1.54, 1.807) is 10.6 Å². The second-order valence-electron chi connectivity index (χ2n) is 4.75. The molecule has 2 aromatic rings. The van der Waals surface area contributed by atoms with Crippen LogP contribution in [0.4, 0.5) is 0 Å². The van der Waals surface area contributed by atoms with Crippen LogP contribution in [-0.2, 0) is 6.54 Å². The van der Waals surface area contributed by atoms with E-state index in [1.807, 2.05) is 43.5 Å². The number of aromatic nitrogens is 1. The van der Waals surface area contributed by atoms with Crippen LogP contribution < -0.4 is 10.3 Å². The molecule has 0 aliphatic carbocycles. The Morgan fingerprint density at radius 2 is 1.90 bits per heavy atom. The molecule has 0 saturated heterocycles. The number of pyridine rings is 1. The molecule has 2 rings (SSSR count). The highest BCUT2D eigenvalue weighted by atomic mass is 35.5. The summed E-state index contributed by atoms with van der Waals surface area (Å²) >= 11 is 5.80. The van der Waals surface area contributed by atoms with E-state index in [4.69, 9.17) is 16.3 Å². The van der Waals surface area contributed by atoms with Gasteiger partial charge in [-0.25, -0.2) is 0 Å². The molecular formula is C16H18ClNO2. The van der Waals surface area contributed by atoms with E-state index in [0.717, 1.165) is 30.7 Å². The Labute approximate surface area is 123 Å². The quantitative estimate of drug-likeness (QED) is 0.761. The van der Waals surface area contributed by atoms with Crippen LogP contribution in [0.2, 0.25) is 5.02 Å². The molecule has 0 amide bonds. The minimum absolute atomic E-state index is 0.0589. The second-order valence-corrected chi connectivity index (χ2v) is 5.18. The summed E-state index contributed by atoms with van der Waals surface area (Å²) in [6.45, 7) is 3.29. The monoisotopic (exact) mass is 291 g/mol. The van der Waals surface area contributed by atoms with E-state index < -0.39 is 0 Å². The van der Waals surface area contributed by atoms with Crippen LogP contribution in [-0.4, -0.2) is 11.2 Å². The van der Waals surface area contributed by atoms with Gasteiger partial charge in [-0.2, -0.15) is 0 Å². The van der Waals surface area contributed by atoms with E-state index >= 15 is 0 Å².